The van der Waals surface area contributed by atoms with E-state index in [1.165, 1.54) is 0 Å². The van der Waals surface area contributed by atoms with Gasteiger partial charge in [-0.2, -0.15) is 0 Å². The Balaban J connectivity index is 1.57. The van der Waals surface area contributed by atoms with Crippen LogP contribution in [0.3, 0.4) is 0 Å². The van der Waals surface area contributed by atoms with E-state index in [0.29, 0.717) is 11.3 Å². The summed E-state index contributed by atoms with van der Waals surface area (Å²) in [5.41, 5.74) is 5.23. The van der Waals surface area contributed by atoms with Crippen LogP contribution in [0.4, 0.5) is 0 Å². The van der Waals surface area contributed by atoms with Gasteiger partial charge in [0.15, 0.2) is 6.61 Å². The fourth-order valence-corrected chi connectivity index (χ4v) is 3.58. The summed E-state index contributed by atoms with van der Waals surface area (Å²) >= 11 is 5.57. The summed E-state index contributed by atoms with van der Waals surface area (Å²) in [6.45, 7) is -0.219. The van der Waals surface area contributed by atoms with Crippen molar-refractivity contribution in [3.63, 3.8) is 0 Å². The average molecular weight is 525 g/mol. The van der Waals surface area contributed by atoms with Gasteiger partial charge in [-0.3, -0.25) is 20.4 Å². The third kappa shape index (κ3) is 4.34. The fourth-order valence-electron chi connectivity index (χ4n) is 2.34. The lowest BCUT2D eigenvalue weighted by molar-refractivity contribution is -0.123. The Labute approximate surface area is 172 Å². The largest absolute Gasteiger partial charge is 0.483 e. The SMILES string of the molecule is O=C(COc1ccc2ccccc2c1Br)NNC(=O)c1ccccc1I. The first kappa shape index (κ1) is 18.7. The predicted molar refractivity (Wildman–Crippen MR) is 112 cm³/mol. The number of rotatable bonds is 4. The third-order valence-electron chi connectivity index (χ3n) is 3.62. The molecule has 5 nitrogen and oxygen atoms in total. The Hall–Kier alpha value is -2.13. The normalized spacial score (nSPS) is 10.4. The van der Waals surface area contributed by atoms with Gasteiger partial charge in [-0.25, -0.2) is 0 Å². The highest BCUT2D eigenvalue weighted by Gasteiger charge is 2.12. The zero-order valence-electron chi connectivity index (χ0n) is 13.5. The molecule has 0 radical (unpaired) electrons. The minimum Gasteiger partial charge on any atom is -0.483 e. The lowest BCUT2D eigenvalue weighted by Gasteiger charge is -2.11. The van der Waals surface area contributed by atoms with Gasteiger partial charge in [0.1, 0.15) is 5.75 Å². The number of amides is 2. The second kappa shape index (κ2) is 8.50. The van der Waals surface area contributed by atoms with Gasteiger partial charge in [0, 0.05) is 3.57 Å². The van der Waals surface area contributed by atoms with Crippen LogP contribution >= 0.6 is 38.5 Å². The van der Waals surface area contributed by atoms with Crippen LogP contribution in [0.25, 0.3) is 10.8 Å². The van der Waals surface area contributed by atoms with Gasteiger partial charge in [0.05, 0.1) is 10.0 Å². The summed E-state index contributed by atoms with van der Waals surface area (Å²) in [6, 6.07) is 18.7. The minimum absolute atomic E-state index is 0.219. The van der Waals surface area contributed by atoms with Gasteiger partial charge in [-0.05, 0) is 67.5 Å². The molecule has 3 rings (SSSR count). The summed E-state index contributed by atoms with van der Waals surface area (Å²) in [4.78, 5) is 24.0. The molecule has 0 aliphatic rings. The number of benzene rings is 3. The summed E-state index contributed by atoms with van der Waals surface area (Å²) in [6.07, 6.45) is 0. The van der Waals surface area contributed by atoms with Crippen LogP contribution in [0.2, 0.25) is 0 Å². The smallest absolute Gasteiger partial charge is 0.276 e. The molecule has 0 unspecified atom stereocenters. The van der Waals surface area contributed by atoms with Crippen LogP contribution in [-0.4, -0.2) is 18.4 Å². The number of hydrogen-bond acceptors (Lipinski definition) is 3. The maximum Gasteiger partial charge on any atom is 0.276 e. The minimum atomic E-state index is -0.454. The maximum absolute atomic E-state index is 12.1. The Morgan fingerprint density at radius 2 is 1.69 bits per heavy atom. The van der Waals surface area contributed by atoms with E-state index in [9.17, 15) is 9.59 Å². The van der Waals surface area contributed by atoms with E-state index in [0.717, 1.165) is 18.8 Å². The highest BCUT2D eigenvalue weighted by Crippen LogP contribution is 2.32. The van der Waals surface area contributed by atoms with Crippen LogP contribution in [0.15, 0.2) is 65.1 Å². The highest BCUT2D eigenvalue weighted by atomic mass is 127. The Kier molecular flexibility index (Phi) is 6.10. The summed E-state index contributed by atoms with van der Waals surface area (Å²) in [7, 11) is 0. The lowest BCUT2D eigenvalue weighted by atomic mass is 10.1. The van der Waals surface area contributed by atoms with E-state index < -0.39 is 5.91 Å². The van der Waals surface area contributed by atoms with E-state index in [1.54, 1.807) is 18.2 Å². The molecule has 0 aliphatic heterocycles. The number of hydrogen-bond donors (Lipinski definition) is 2. The van der Waals surface area contributed by atoms with Crippen molar-refractivity contribution in [2.24, 2.45) is 0 Å². The number of carbonyl (C=O) groups excluding carboxylic acids is 2. The molecule has 0 aliphatic carbocycles. The lowest BCUT2D eigenvalue weighted by Crippen LogP contribution is -2.44. The molecule has 7 heteroatoms. The monoisotopic (exact) mass is 524 g/mol. The van der Waals surface area contributed by atoms with Gasteiger partial charge in [0.2, 0.25) is 0 Å². The van der Waals surface area contributed by atoms with E-state index in [2.05, 4.69) is 49.4 Å². The first-order chi connectivity index (χ1) is 12.6. The molecule has 2 amide bonds. The van der Waals surface area contributed by atoms with Crippen LogP contribution < -0.4 is 15.6 Å². The quantitative estimate of drug-likeness (QED) is 0.400. The highest BCUT2D eigenvalue weighted by molar-refractivity contribution is 14.1. The van der Waals surface area contributed by atoms with Crippen molar-refractivity contribution < 1.29 is 14.3 Å². The zero-order chi connectivity index (χ0) is 18.5. The van der Waals surface area contributed by atoms with E-state index in [1.807, 2.05) is 42.5 Å². The zero-order valence-corrected chi connectivity index (χ0v) is 17.2. The van der Waals surface area contributed by atoms with Crippen LogP contribution in [0.1, 0.15) is 10.4 Å². The van der Waals surface area contributed by atoms with Gasteiger partial charge >= 0.3 is 0 Å². The number of carbonyl (C=O) groups is 2. The van der Waals surface area contributed by atoms with E-state index in [4.69, 9.17) is 4.74 Å². The Morgan fingerprint density at radius 1 is 0.962 bits per heavy atom. The standard InChI is InChI=1S/C19H14BrIN2O3/c20-18-13-6-2-1-5-12(13)9-10-16(18)26-11-17(24)22-23-19(25)14-7-3-4-8-15(14)21/h1-10H,11H2,(H,22,24)(H,23,25). The third-order valence-corrected chi connectivity index (χ3v) is 5.38. The Morgan fingerprint density at radius 3 is 2.50 bits per heavy atom. The topological polar surface area (TPSA) is 67.4 Å². The summed E-state index contributed by atoms with van der Waals surface area (Å²) in [5.74, 6) is -0.276. The molecular weight excluding hydrogens is 511 g/mol. The van der Waals surface area contributed by atoms with Gasteiger partial charge in [-0.15, -0.1) is 0 Å². The van der Waals surface area contributed by atoms with Gasteiger partial charge in [0.25, 0.3) is 11.8 Å². The maximum atomic E-state index is 12.1. The number of hydrazine groups is 1. The predicted octanol–water partition coefficient (Wildman–Crippen LogP) is 4.05. The van der Waals surface area contributed by atoms with Crippen molar-refractivity contribution in [1.82, 2.24) is 10.9 Å². The van der Waals surface area contributed by atoms with Crippen LogP contribution in [-0.2, 0) is 4.79 Å². The van der Waals surface area contributed by atoms with Crippen molar-refractivity contribution in [3.8, 4) is 5.75 Å². The molecular formula is C19H14BrIN2O3. The Bertz CT molecular complexity index is 978. The van der Waals surface area contributed by atoms with E-state index >= 15 is 0 Å². The fraction of sp³-hybridized carbons (Fsp3) is 0.0526. The first-order valence-corrected chi connectivity index (χ1v) is 9.57. The molecule has 0 fully saturated rings. The summed E-state index contributed by atoms with van der Waals surface area (Å²) < 4.78 is 7.14. The summed E-state index contributed by atoms with van der Waals surface area (Å²) in [5, 5.41) is 2.07. The molecule has 0 aromatic heterocycles. The average Bonchev–Trinajstić information content (AvgIpc) is 2.66. The number of halogens is 2. The molecule has 0 bridgehead atoms. The molecule has 0 heterocycles. The number of fused-ring (bicyclic) bond motifs is 1. The molecule has 2 N–H and O–H groups in total. The second-order valence-electron chi connectivity index (χ2n) is 5.37. The van der Waals surface area contributed by atoms with Crippen molar-refractivity contribution in [1.29, 1.82) is 0 Å². The molecule has 0 atom stereocenters. The van der Waals surface area contributed by atoms with E-state index in [-0.39, 0.29) is 12.5 Å². The van der Waals surface area contributed by atoms with Crippen molar-refractivity contribution in [2.75, 3.05) is 6.61 Å². The molecule has 26 heavy (non-hydrogen) atoms. The van der Waals surface area contributed by atoms with Crippen LogP contribution in [0.5, 0.6) is 5.75 Å². The van der Waals surface area contributed by atoms with Gasteiger partial charge in [-0.1, -0.05) is 42.5 Å². The molecule has 0 saturated carbocycles. The number of nitrogens with one attached hydrogen (secondary N) is 2. The van der Waals surface area contributed by atoms with Crippen LogP contribution in [0, 0.1) is 3.57 Å². The second-order valence-corrected chi connectivity index (χ2v) is 7.32. The first-order valence-electron chi connectivity index (χ1n) is 7.70. The number of ether oxygens (including phenoxy) is 1. The van der Waals surface area contributed by atoms with Crippen molar-refractivity contribution in [3.05, 3.63) is 74.3 Å². The molecule has 3 aromatic carbocycles. The molecule has 3 aromatic rings. The van der Waals surface area contributed by atoms with Gasteiger partial charge < -0.3 is 4.74 Å². The van der Waals surface area contributed by atoms with Crippen molar-refractivity contribution >= 4 is 61.1 Å². The molecule has 0 spiro atoms. The van der Waals surface area contributed by atoms with Crippen molar-refractivity contribution in [2.45, 2.75) is 0 Å². The molecule has 0 saturated heterocycles. The molecule has 132 valence electrons.